The molecule has 5 atom stereocenters. The molecule has 0 aliphatic carbocycles. The molecule has 0 aromatic carbocycles. The molecule has 0 aromatic rings. The average molecular weight is 1310 g/mol. The van der Waals surface area contributed by atoms with Crippen LogP contribution < -0.4 is 0 Å². The van der Waals surface area contributed by atoms with Crippen molar-refractivity contribution in [2.45, 2.75) is 380 Å². The highest BCUT2D eigenvalue weighted by atomic mass is 31.2. The summed E-state index contributed by atoms with van der Waals surface area (Å²) in [4.78, 5) is 72.2. The number of carbonyl (C=O) groups excluding carboxylic acids is 4. The number of aliphatic hydroxyl groups excluding tert-OH is 1. The Labute approximate surface area is 543 Å². The number of hydrogen-bond donors (Lipinski definition) is 3. The van der Waals surface area contributed by atoms with E-state index in [1.165, 1.54) is 180 Å². The summed E-state index contributed by atoms with van der Waals surface area (Å²) in [5.41, 5.74) is 0. The van der Waals surface area contributed by atoms with Crippen LogP contribution in [0.5, 0.6) is 0 Å². The molecule has 0 rings (SSSR count). The molecular weight excluding hydrogens is 1170 g/mol. The van der Waals surface area contributed by atoms with Crippen molar-refractivity contribution in [3.63, 3.8) is 0 Å². The highest BCUT2D eigenvalue weighted by Crippen LogP contribution is 2.45. The molecule has 89 heavy (non-hydrogen) atoms. The van der Waals surface area contributed by atoms with E-state index in [1.807, 2.05) is 0 Å². The van der Waals surface area contributed by atoms with Crippen molar-refractivity contribution in [3.8, 4) is 0 Å². The maximum absolute atomic E-state index is 13.0. The standard InChI is InChI=1S/C70H136O17P2/c1-6-9-12-15-17-19-20-21-22-23-24-25-26-27-28-29-32-37-41-46-51-56-70(75)87-66(60-81-68(73)54-49-44-39-36-33-30-31-35-38-43-47-52-63(4)5)62-85-89(78,79)83-58-64(71)57-82-88(76,77)84-61-65(59-80-67(72)53-48-42-14-11-8-3)86-69(74)55-50-45-40-34-18-16-13-10-7-2/h63-66,71H,6-62H2,1-5H3,(H,76,77)(H,78,79)/t64-,65+,66+/m0/s1. The topological polar surface area (TPSA) is 237 Å². The van der Waals surface area contributed by atoms with Crippen LogP contribution in [0.4, 0.5) is 0 Å². The van der Waals surface area contributed by atoms with Gasteiger partial charge in [-0.25, -0.2) is 9.13 Å². The zero-order valence-corrected chi connectivity index (χ0v) is 59.4. The summed E-state index contributed by atoms with van der Waals surface area (Å²) in [7, 11) is -9.88. The molecule has 0 heterocycles. The predicted octanol–water partition coefficient (Wildman–Crippen LogP) is 20.1. The third-order valence-electron chi connectivity index (χ3n) is 16.3. The summed E-state index contributed by atoms with van der Waals surface area (Å²) in [6, 6.07) is 0. The van der Waals surface area contributed by atoms with Crippen molar-refractivity contribution < 1.29 is 80.2 Å². The third-order valence-corrected chi connectivity index (χ3v) is 18.2. The minimum absolute atomic E-state index is 0.105. The zero-order valence-electron chi connectivity index (χ0n) is 57.6. The van der Waals surface area contributed by atoms with Crippen LogP contribution in [0, 0.1) is 5.92 Å². The lowest BCUT2D eigenvalue weighted by Gasteiger charge is -2.21. The molecule has 3 N–H and O–H groups in total. The first-order valence-corrected chi connectivity index (χ1v) is 39.6. The van der Waals surface area contributed by atoms with Crippen molar-refractivity contribution in [1.29, 1.82) is 0 Å². The zero-order chi connectivity index (χ0) is 65.6. The van der Waals surface area contributed by atoms with Gasteiger partial charge < -0.3 is 33.8 Å². The quantitative estimate of drug-likeness (QED) is 0.0222. The Hall–Kier alpha value is -1.94. The first-order valence-electron chi connectivity index (χ1n) is 36.6. The number of esters is 4. The Balaban J connectivity index is 5.10. The van der Waals surface area contributed by atoms with Crippen molar-refractivity contribution in [2.24, 2.45) is 5.92 Å². The van der Waals surface area contributed by atoms with Gasteiger partial charge >= 0.3 is 39.5 Å². The van der Waals surface area contributed by atoms with Gasteiger partial charge in [0.25, 0.3) is 0 Å². The first-order chi connectivity index (χ1) is 43.0. The molecule has 19 heteroatoms. The Kier molecular flexibility index (Phi) is 62.1. The second-order valence-electron chi connectivity index (χ2n) is 25.7. The second-order valence-corrected chi connectivity index (χ2v) is 28.7. The lowest BCUT2D eigenvalue weighted by molar-refractivity contribution is -0.161. The number of rotatable bonds is 70. The van der Waals surface area contributed by atoms with Crippen LogP contribution in [-0.4, -0.2) is 96.7 Å². The molecular formula is C70H136O17P2. The monoisotopic (exact) mass is 1310 g/mol. The van der Waals surface area contributed by atoms with Gasteiger partial charge in [-0.2, -0.15) is 0 Å². The van der Waals surface area contributed by atoms with E-state index < -0.39 is 97.5 Å². The largest absolute Gasteiger partial charge is 0.472 e. The Morgan fingerprint density at radius 1 is 0.303 bits per heavy atom. The number of hydrogen-bond acceptors (Lipinski definition) is 15. The molecule has 528 valence electrons. The molecule has 17 nitrogen and oxygen atoms in total. The van der Waals surface area contributed by atoms with Crippen LogP contribution in [-0.2, 0) is 65.4 Å². The Bertz CT molecular complexity index is 1720. The van der Waals surface area contributed by atoms with E-state index in [4.69, 9.17) is 37.0 Å². The SMILES string of the molecule is CCCCCCCCCCCCCCCCCCCCCCCC(=O)O[C@H](COC(=O)CCCCCCCCCCCCCC(C)C)COP(=O)(O)OC[C@@H](O)COP(=O)(O)OC[C@@H](COC(=O)CCCCCCC)OC(=O)CCCCCCCCCCC. The molecule has 0 fully saturated rings. The number of phosphoric ester groups is 2. The Morgan fingerprint density at radius 2 is 0.517 bits per heavy atom. The third kappa shape index (κ3) is 64.6. The summed E-state index contributed by atoms with van der Waals surface area (Å²) in [5, 5.41) is 10.5. The fourth-order valence-electron chi connectivity index (χ4n) is 10.6. The summed E-state index contributed by atoms with van der Waals surface area (Å²) in [6.07, 6.45) is 50.5. The molecule has 0 aliphatic heterocycles. The minimum Gasteiger partial charge on any atom is -0.462 e. The van der Waals surface area contributed by atoms with E-state index in [-0.39, 0.29) is 25.7 Å². The molecule has 0 aliphatic rings. The number of carbonyl (C=O) groups is 4. The molecule has 0 spiro atoms. The van der Waals surface area contributed by atoms with E-state index in [0.29, 0.717) is 25.7 Å². The van der Waals surface area contributed by atoms with Crippen molar-refractivity contribution in [2.75, 3.05) is 39.6 Å². The molecule has 0 saturated heterocycles. The number of phosphoric acid groups is 2. The van der Waals surface area contributed by atoms with E-state index in [0.717, 1.165) is 102 Å². The fourth-order valence-corrected chi connectivity index (χ4v) is 12.2. The lowest BCUT2D eigenvalue weighted by Crippen LogP contribution is -2.30. The fraction of sp³-hybridized carbons (Fsp3) is 0.943. The van der Waals surface area contributed by atoms with Gasteiger partial charge in [0.05, 0.1) is 26.4 Å². The molecule has 0 saturated carbocycles. The van der Waals surface area contributed by atoms with Crippen LogP contribution in [0.1, 0.15) is 362 Å². The predicted molar refractivity (Wildman–Crippen MR) is 358 cm³/mol. The van der Waals surface area contributed by atoms with Crippen LogP contribution in [0.2, 0.25) is 0 Å². The number of ether oxygens (including phenoxy) is 4. The molecule has 0 radical (unpaired) electrons. The van der Waals surface area contributed by atoms with Gasteiger partial charge in [-0.15, -0.1) is 0 Å². The molecule has 0 amide bonds. The van der Waals surface area contributed by atoms with Gasteiger partial charge in [0.15, 0.2) is 12.2 Å². The van der Waals surface area contributed by atoms with Gasteiger partial charge in [0.1, 0.15) is 19.3 Å². The van der Waals surface area contributed by atoms with Crippen LogP contribution in [0.25, 0.3) is 0 Å². The highest BCUT2D eigenvalue weighted by Gasteiger charge is 2.30. The maximum Gasteiger partial charge on any atom is 0.472 e. The molecule has 0 aromatic heterocycles. The number of unbranched alkanes of at least 4 members (excludes halogenated alkanes) is 42. The smallest absolute Gasteiger partial charge is 0.462 e. The summed E-state index contributed by atoms with van der Waals surface area (Å²) in [5.74, 6) is -1.37. The summed E-state index contributed by atoms with van der Waals surface area (Å²) < 4.78 is 68.0. The van der Waals surface area contributed by atoms with Crippen LogP contribution in [0.3, 0.4) is 0 Å². The number of aliphatic hydroxyl groups is 1. The van der Waals surface area contributed by atoms with Crippen molar-refractivity contribution in [3.05, 3.63) is 0 Å². The summed E-state index contributed by atoms with van der Waals surface area (Å²) >= 11 is 0. The Morgan fingerprint density at radius 3 is 0.764 bits per heavy atom. The van der Waals surface area contributed by atoms with E-state index in [1.54, 1.807) is 0 Å². The first kappa shape index (κ1) is 87.1. The summed E-state index contributed by atoms with van der Waals surface area (Å²) in [6.45, 7) is 7.14. The van der Waals surface area contributed by atoms with E-state index >= 15 is 0 Å². The van der Waals surface area contributed by atoms with Gasteiger partial charge in [-0.1, -0.05) is 311 Å². The van der Waals surface area contributed by atoms with Gasteiger partial charge in [0.2, 0.25) is 0 Å². The van der Waals surface area contributed by atoms with Gasteiger partial charge in [-0.3, -0.25) is 37.3 Å². The second kappa shape index (κ2) is 63.5. The van der Waals surface area contributed by atoms with Crippen LogP contribution in [0.15, 0.2) is 0 Å². The van der Waals surface area contributed by atoms with Crippen LogP contribution >= 0.6 is 15.6 Å². The van der Waals surface area contributed by atoms with Gasteiger partial charge in [0, 0.05) is 25.7 Å². The average Bonchev–Trinajstić information content (AvgIpc) is 3.60. The van der Waals surface area contributed by atoms with E-state index in [2.05, 4.69) is 34.6 Å². The minimum atomic E-state index is -4.95. The molecule has 2 unspecified atom stereocenters. The van der Waals surface area contributed by atoms with E-state index in [9.17, 15) is 43.2 Å². The maximum atomic E-state index is 13.0. The molecule has 0 bridgehead atoms. The van der Waals surface area contributed by atoms with Gasteiger partial charge in [-0.05, 0) is 31.6 Å². The normalized spacial score (nSPS) is 14.1. The highest BCUT2D eigenvalue weighted by molar-refractivity contribution is 7.47. The van der Waals surface area contributed by atoms with Crippen molar-refractivity contribution in [1.82, 2.24) is 0 Å². The van der Waals surface area contributed by atoms with Crippen molar-refractivity contribution >= 4 is 39.5 Å². The lowest BCUT2D eigenvalue weighted by atomic mass is 10.0.